The Hall–Kier alpha value is -7.41. The van der Waals surface area contributed by atoms with Gasteiger partial charge in [0.25, 0.3) is 0 Å². The molecule has 266 valence electrons. The lowest BCUT2D eigenvalue weighted by Crippen LogP contribution is -2.00. The summed E-state index contributed by atoms with van der Waals surface area (Å²) in [5.74, 6) is 1.85. The van der Waals surface area contributed by atoms with Crippen LogP contribution in [0.25, 0.3) is 115 Å². The second-order valence-electron chi connectivity index (χ2n) is 14.3. The van der Waals surface area contributed by atoms with Crippen molar-refractivity contribution in [3.8, 4) is 51.0 Å². The monoisotopic (exact) mass is 746 g/mol. The summed E-state index contributed by atoms with van der Waals surface area (Å²) in [6.45, 7) is 0. The minimum atomic E-state index is 0.596. The van der Waals surface area contributed by atoms with Crippen LogP contribution in [0, 0.1) is 0 Å². The molecule has 0 aliphatic rings. The molecule has 0 bridgehead atoms. The largest absolute Gasteiger partial charge is 0.456 e. The first kappa shape index (κ1) is 31.9. The van der Waals surface area contributed by atoms with Crippen molar-refractivity contribution in [3.63, 3.8) is 0 Å². The highest BCUT2D eigenvalue weighted by Crippen LogP contribution is 2.46. The van der Waals surface area contributed by atoms with Crippen LogP contribution in [0.15, 0.2) is 186 Å². The SMILES string of the molecule is c1ccc(-c2nc(-c3ccccc3)nc(-c3ccc4c(c3)oc3cccc(-c5cccc6sc7c(-n8c9ccccc9c9ccccc98)cccc7c56)c34)n2)cc1. The van der Waals surface area contributed by atoms with Crippen molar-refractivity contribution in [2.45, 2.75) is 0 Å². The summed E-state index contributed by atoms with van der Waals surface area (Å²) in [4.78, 5) is 14.8. The quantitative estimate of drug-likeness (QED) is 0.176. The second-order valence-corrected chi connectivity index (χ2v) is 15.4. The molecule has 0 saturated heterocycles. The van der Waals surface area contributed by atoms with E-state index in [1.54, 1.807) is 0 Å². The van der Waals surface area contributed by atoms with Gasteiger partial charge in [-0.05, 0) is 53.6 Å². The van der Waals surface area contributed by atoms with Gasteiger partial charge >= 0.3 is 0 Å². The Morgan fingerprint density at radius 1 is 0.404 bits per heavy atom. The van der Waals surface area contributed by atoms with Crippen LogP contribution in [0.2, 0.25) is 0 Å². The Morgan fingerprint density at radius 2 is 0.965 bits per heavy atom. The molecule has 0 aliphatic carbocycles. The zero-order valence-electron chi connectivity index (χ0n) is 30.4. The van der Waals surface area contributed by atoms with Gasteiger partial charge in [-0.3, -0.25) is 0 Å². The molecule has 0 radical (unpaired) electrons. The van der Waals surface area contributed by atoms with Gasteiger partial charge in [0.2, 0.25) is 0 Å². The van der Waals surface area contributed by atoms with Gasteiger partial charge < -0.3 is 8.98 Å². The van der Waals surface area contributed by atoms with Crippen molar-refractivity contribution in [2.24, 2.45) is 0 Å². The third-order valence-corrected chi connectivity index (χ3v) is 12.3. The summed E-state index contributed by atoms with van der Waals surface area (Å²) in [5.41, 5.74) is 10.3. The molecule has 12 rings (SSSR count). The van der Waals surface area contributed by atoms with Crippen LogP contribution in [0.1, 0.15) is 0 Å². The standard InChI is InChI=1S/C51H30N4OS/c1-3-14-31(15-4-1)49-52-50(32-16-5-2-6-17-32)54-51(53-49)33-28-29-38-44(30-33)56-43-26-12-20-36(46(38)43)37-21-13-27-45-47(37)39-22-11-25-42(48(39)57-45)55-40-23-9-7-18-34(40)35-19-8-10-24-41(35)55/h1-30H. The molecule has 0 amide bonds. The summed E-state index contributed by atoms with van der Waals surface area (Å²) < 4.78 is 11.6. The fourth-order valence-corrected chi connectivity index (χ4v) is 9.77. The van der Waals surface area contributed by atoms with Crippen molar-refractivity contribution in [1.82, 2.24) is 19.5 Å². The molecule has 6 heteroatoms. The number of rotatable bonds is 5. The molecule has 4 heterocycles. The molecule has 57 heavy (non-hydrogen) atoms. The third kappa shape index (κ3) is 4.98. The lowest BCUT2D eigenvalue weighted by atomic mass is 9.95. The summed E-state index contributed by atoms with van der Waals surface area (Å²) in [7, 11) is 0. The predicted octanol–water partition coefficient (Wildman–Crippen LogP) is 13.9. The highest BCUT2D eigenvalue weighted by molar-refractivity contribution is 7.26. The van der Waals surface area contributed by atoms with E-state index in [4.69, 9.17) is 19.4 Å². The molecule has 0 unspecified atom stereocenters. The van der Waals surface area contributed by atoms with Gasteiger partial charge in [0.15, 0.2) is 17.5 Å². The number of hydrogen-bond donors (Lipinski definition) is 0. The Bertz CT molecular complexity index is 3420. The van der Waals surface area contributed by atoms with Gasteiger partial charge in [-0.2, -0.15) is 0 Å². The van der Waals surface area contributed by atoms with Gasteiger partial charge in [-0.1, -0.05) is 140 Å². The van der Waals surface area contributed by atoms with Crippen LogP contribution >= 0.6 is 11.3 Å². The Kier molecular flexibility index (Phi) is 7.03. The molecule has 8 aromatic carbocycles. The van der Waals surface area contributed by atoms with E-state index in [9.17, 15) is 0 Å². The maximum absolute atomic E-state index is 6.67. The molecule has 0 N–H and O–H groups in total. The fraction of sp³-hybridized carbons (Fsp3) is 0. The molecule has 0 fully saturated rings. The van der Waals surface area contributed by atoms with E-state index in [-0.39, 0.29) is 0 Å². The average Bonchev–Trinajstić information content (AvgIpc) is 3.96. The molecule has 4 aromatic heterocycles. The first-order valence-electron chi connectivity index (χ1n) is 19.0. The number of furan rings is 1. The zero-order valence-corrected chi connectivity index (χ0v) is 31.2. The van der Waals surface area contributed by atoms with E-state index in [1.165, 1.54) is 53.2 Å². The van der Waals surface area contributed by atoms with Crippen molar-refractivity contribution in [2.75, 3.05) is 0 Å². The summed E-state index contributed by atoms with van der Waals surface area (Å²) in [5, 5.41) is 7.16. The van der Waals surface area contributed by atoms with E-state index in [2.05, 4.69) is 126 Å². The highest BCUT2D eigenvalue weighted by atomic mass is 32.1. The maximum Gasteiger partial charge on any atom is 0.164 e. The third-order valence-electron chi connectivity index (χ3n) is 11.1. The second kappa shape index (κ2) is 12.6. The maximum atomic E-state index is 6.67. The Labute approximate surface area is 330 Å². The van der Waals surface area contributed by atoms with Gasteiger partial charge in [0.05, 0.1) is 21.4 Å². The van der Waals surface area contributed by atoms with E-state index < -0.39 is 0 Å². The van der Waals surface area contributed by atoms with Crippen molar-refractivity contribution in [1.29, 1.82) is 0 Å². The normalized spacial score (nSPS) is 11.9. The van der Waals surface area contributed by atoms with Gasteiger partial charge in [0.1, 0.15) is 11.2 Å². The number of hydrogen-bond acceptors (Lipinski definition) is 5. The van der Waals surface area contributed by atoms with Crippen molar-refractivity contribution >= 4 is 75.3 Å². The number of benzene rings is 8. The molecular formula is C51H30N4OS. The first-order chi connectivity index (χ1) is 28.3. The number of thiophene rings is 1. The Balaban J connectivity index is 1.04. The van der Waals surface area contributed by atoms with E-state index in [0.29, 0.717) is 17.5 Å². The van der Waals surface area contributed by atoms with E-state index >= 15 is 0 Å². The molecular weight excluding hydrogens is 717 g/mol. The topological polar surface area (TPSA) is 56.7 Å². The van der Waals surface area contributed by atoms with Gasteiger partial charge in [-0.25, -0.2) is 15.0 Å². The lowest BCUT2D eigenvalue weighted by molar-refractivity contribution is 0.669. The number of para-hydroxylation sites is 2. The van der Waals surface area contributed by atoms with Crippen molar-refractivity contribution < 1.29 is 4.42 Å². The number of nitrogens with zero attached hydrogens (tertiary/aromatic N) is 4. The molecule has 0 spiro atoms. The first-order valence-corrected chi connectivity index (χ1v) is 19.8. The molecule has 0 saturated carbocycles. The molecule has 0 atom stereocenters. The highest BCUT2D eigenvalue weighted by Gasteiger charge is 2.21. The Morgan fingerprint density at radius 3 is 1.65 bits per heavy atom. The van der Waals surface area contributed by atoms with Crippen LogP contribution in [0.3, 0.4) is 0 Å². The predicted molar refractivity (Wildman–Crippen MR) is 236 cm³/mol. The van der Waals surface area contributed by atoms with Crippen molar-refractivity contribution in [3.05, 3.63) is 182 Å². The lowest BCUT2D eigenvalue weighted by Gasteiger charge is -2.10. The van der Waals surface area contributed by atoms with Gasteiger partial charge in [-0.15, -0.1) is 11.3 Å². The van der Waals surface area contributed by atoms with Crippen LogP contribution in [0.5, 0.6) is 0 Å². The van der Waals surface area contributed by atoms with Crippen LogP contribution in [-0.2, 0) is 0 Å². The van der Waals surface area contributed by atoms with Crippen LogP contribution < -0.4 is 0 Å². The smallest absolute Gasteiger partial charge is 0.164 e. The molecule has 0 aliphatic heterocycles. The average molecular weight is 747 g/mol. The minimum Gasteiger partial charge on any atom is -0.456 e. The van der Waals surface area contributed by atoms with E-state index in [1.807, 2.05) is 72.0 Å². The van der Waals surface area contributed by atoms with Gasteiger partial charge in [0, 0.05) is 53.7 Å². The molecule has 5 nitrogen and oxygen atoms in total. The number of fused-ring (bicyclic) bond motifs is 9. The summed E-state index contributed by atoms with van der Waals surface area (Å²) in [6.07, 6.45) is 0. The van der Waals surface area contributed by atoms with Crippen LogP contribution in [-0.4, -0.2) is 19.5 Å². The zero-order chi connectivity index (χ0) is 37.5. The number of aromatic nitrogens is 4. The summed E-state index contributed by atoms with van der Waals surface area (Å²) >= 11 is 1.86. The van der Waals surface area contributed by atoms with E-state index in [0.717, 1.165) is 44.2 Å². The minimum absolute atomic E-state index is 0.596. The fourth-order valence-electron chi connectivity index (χ4n) is 8.54. The van der Waals surface area contributed by atoms with Crippen LogP contribution in [0.4, 0.5) is 0 Å². The summed E-state index contributed by atoms with van der Waals surface area (Å²) in [6, 6.07) is 63.7. The molecule has 12 aromatic rings.